The first-order valence-corrected chi connectivity index (χ1v) is 6.72. The minimum absolute atomic E-state index is 0.360. The molecule has 0 aliphatic rings. The highest BCUT2D eigenvalue weighted by molar-refractivity contribution is 5.85. The number of hydrogen-bond acceptors (Lipinski definition) is 3. The van der Waals surface area contributed by atoms with E-state index in [9.17, 15) is 4.39 Å². The van der Waals surface area contributed by atoms with Crippen molar-refractivity contribution in [1.82, 2.24) is 4.98 Å². The van der Waals surface area contributed by atoms with Gasteiger partial charge in [-0.3, -0.25) is 4.98 Å². The molecular formula is C17H15FN2O. The minimum atomic E-state index is -0.450. The highest BCUT2D eigenvalue weighted by Gasteiger charge is 2.15. The molecule has 1 aromatic heterocycles. The smallest absolute Gasteiger partial charge is 0.136 e. The summed E-state index contributed by atoms with van der Waals surface area (Å²) < 4.78 is 19.9. The predicted octanol–water partition coefficient (Wildman–Crippen LogP) is 4.19. The molecule has 1 heterocycles. The van der Waals surface area contributed by atoms with Crippen LogP contribution in [0.15, 0.2) is 54.7 Å². The highest BCUT2D eigenvalue weighted by atomic mass is 19.1. The van der Waals surface area contributed by atoms with E-state index in [2.05, 4.69) is 4.98 Å². The summed E-state index contributed by atoms with van der Waals surface area (Å²) in [5.41, 5.74) is 7.05. The van der Waals surface area contributed by atoms with Crippen LogP contribution in [0, 0.1) is 5.82 Å². The third-order valence-electron chi connectivity index (χ3n) is 3.29. The Labute approximate surface area is 122 Å². The second-order valence-electron chi connectivity index (χ2n) is 4.87. The molecule has 106 valence electrons. The molecule has 0 aliphatic carbocycles. The van der Waals surface area contributed by atoms with E-state index in [0.29, 0.717) is 17.1 Å². The van der Waals surface area contributed by atoms with Gasteiger partial charge in [-0.25, -0.2) is 4.39 Å². The Kier molecular flexibility index (Phi) is 3.54. The van der Waals surface area contributed by atoms with Crippen LogP contribution in [0.1, 0.15) is 18.5 Å². The van der Waals surface area contributed by atoms with Crippen LogP contribution in [0.2, 0.25) is 0 Å². The van der Waals surface area contributed by atoms with E-state index in [0.717, 1.165) is 10.9 Å². The number of nitrogens with two attached hydrogens (primary N) is 1. The molecule has 2 N–H and O–H groups in total. The lowest BCUT2D eigenvalue weighted by Crippen LogP contribution is -2.09. The van der Waals surface area contributed by atoms with Gasteiger partial charge in [0.1, 0.15) is 17.3 Å². The molecule has 0 saturated heterocycles. The first kappa shape index (κ1) is 13.5. The van der Waals surface area contributed by atoms with Gasteiger partial charge in [-0.1, -0.05) is 12.1 Å². The highest BCUT2D eigenvalue weighted by Crippen LogP contribution is 2.33. The normalized spacial score (nSPS) is 12.3. The molecule has 0 amide bonds. The summed E-state index contributed by atoms with van der Waals surface area (Å²) in [7, 11) is 0. The second-order valence-corrected chi connectivity index (χ2v) is 4.87. The molecule has 3 rings (SSSR count). The second kappa shape index (κ2) is 5.50. The van der Waals surface area contributed by atoms with E-state index in [4.69, 9.17) is 10.5 Å². The monoisotopic (exact) mass is 282 g/mol. The Morgan fingerprint density at radius 1 is 1.05 bits per heavy atom. The number of nitrogens with zero attached hydrogens (tertiary/aromatic N) is 1. The van der Waals surface area contributed by atoms with Crippen LogP contribution in [0.25, 0.3) is 10.9 Å². The Balaban J connectivity index is 2.09. The van der Waals surface area contributed by atoms with Crippen LogP contribution in [-0.4, -0.2) is 4.98 Å². The van der Waals surface area contributed by atoms with E-state index in [1.54, 1.807) is 25.3 Å². The number of rotatable bonds is 3. The summed E-state index contributed by atoms with van der Waals surface area (Å²) in [6.45, 7) is 1.73. The SMILES string of the molecule is C[C@H](N)c1c(F)cccc1Oc1cccc2ncccc12. The van der Waals surface area contributed by atoms with Crippen molar-refractivity contribution in [3.05, 3.63) is 66.1 Å². The van der Waals surface area contributed by atoms with Crippen molar-refractivity contribution < 1.29 is 9.13 Å². The number of pyridine rings is 1. The predicted molar refractivity (Wildman–Crippen MR) is 80.8 cm³/mol. The van der Waals surface area contributed by atoms with Crippen molar-refractivity contribution in [1.29, 1.82) is 0 Å². The Bertz CT molecular complexity index is 781. The number of benzene rings is 2. The third-order valence-corrected chi connectivity index (χ3v) is 3.29. The lowest BCUT2D eigenvalue weighted by molar-refractivity contribution is 0.465. The molecule has 3 nitrogen and oxygen atoms in total. The van der Waals surface area contributed by atoms with Gasteiger partial charge in [0.25, 0.3) is 0 Å². The Hall–Kier alpha value is -2.46. The van der Waals surface area contributed by atoms with Gasteiger partial charge in [-0.15, -0.1) is 0 Å². The Morgan fingerprint density at radius 3 is 2.62 bits per heavy atom. The summed E-state index contributed by atoms with van der Waals surface area (Å²) in [5.74, 6) is 0.704. The minimum Gasteiger partial charge on any atom is -0.456 e. The molecule has 0 aliphatic heterocycles. The van der Waals surface area contributed by atoms with E-state index in [-0.39, 0.29) is 5.82 Å². The lowest BCUT2D eigenvalue weighted by Gasteiger charge is -2.15. The van der Waals surface area contributed by atoms with E-state index in [1.165, 1.54) is 6.07 Å². The zero-order chi connectivity index (χ0) is 14.8. The molecule has 0 spiro atoms. The van der Waals surface area contributed by atoms with E-state index < -0.39 is 6.04 Å². The van der Waals surface area contributed by atoms with E-state index >= 15 is 0 Å². The maximum absolute atomic E-state index is 13.9. The number of hydrogen-bond donors (Lipinski definition) is 1. The zero-order valence-electron chi connectivity index (χ0n) is 11.6. The fourth-order valence-electron chi connectivity index (χ4n) is 2.33. The van der Waals surface area contributed by atoms with Gasteiger partial charge in [-0.2, -0.15) is 0 Å². The standard InChI is InChI=1S/C17H15FN2O/c1-11(19)17-13(18)6-2-9-16(17)21-15-8-3-7-14-12(15)5-4-10-20-14/h2-11H,19H2,1H3/t11-/m0/s1. The molecule has 0 saturated carbocycles. The maximum atomic E-state index is 13.9. The average molecular weight is 282 g/mol. The fourth-order valence-corrected chi connectivity index (χ4v) is 2.33. The van der Waals surface area contributed by atoms with Crippen molar-refractivity contribution in [3.8, 4) is 11.5 Å². The van der Waals surface area contributed by atoms with Gasteiger partial charge in [0.2, 0.25) is 0 Å². The van der Waals surface area contributed by atoms with Crippen molar-refractivity contribution in [2.75, 3.05) is 0 Å². The summed E-state index contributed by atoms with van der Waals surface area (Å²) in [5, 5.41) is 0.875. The summed E-state index contributed by atoms with van der Waals surface area (Å²) in [4.78, 5) is 4.28. The maximum Gasteiger partial charge on any atom is 0.136 e. The van der Waals surface area contributed by atoms with Crippen molar-refractivity contribution in [3.63, 3.8) is 0 Å². The first-order valence-electron chi connectivity index (χ1n) is 6.72. The summed E-state index contributed by atoms with van der Waals surface area (Å²) in [6, 6.07) is 13.6. The molecular weight excluding hydrogens is 267 g/mol. The molecule has 0 radical (unpaired) electrons. The first-order chi connectivity index (χ1) is 10.2. The fraction of sp³-hybridized carbons (Fsp3) is 0.118. The zero-order valence-corrected chi connectivity index (χ0v) is 11.6. The van der Waals surface area contributed by atoms with Crippen molar-refractivity contribution in [2.45, 2.75) is 13.0 Å². The molecule has 21 heavy (non-hydrogen) atoms. The van der Waals surface area contributed by atoms with Crippen LogP contribution >= 0.6 is 0 Å². The van der Waals surface area contributed by atoms with Gasteiger partial charge >= 0.3 is 0 Å². The van der Waals surface area contributed by atoms with Crippen LogP contribution in [0.5, 0.6) is 11.5 Å². The van der Waals surface area contributed by atoms with Crippen molar-refractivity contribution in [2.24, 2.45) is 5.73 Å². The van der Waals surface area contributed by atoms with Gasteiger partial charge in [0.15, 0.2) is 0 Å². The molecule has 1 atom stereocenters. The molecule has 2 aromatic carbocycles. The van der Waals surface area contributed by atoms with Crippen LogP contribution in [0.3, 0.4) is 0 Å². The topological polar surface area (TPSA) is 48.1 Å². The lowest BCUT2D eigenvalue weighted by atomic mass is 10.1. The largest absolute Gasteiger partial charge is 0.456 e. The van der Waals surface area contributed by atoms with Gasteiger partial charge in [0.05, 0.1) is 5.52 Å². The Morgan fingerprint density at radius 2 is 1.81 bits per heavy atom. The number of ether oxygens (including phenoxy) is 1. The quantitative estimate of drug-likeness (QED) is 0.783. The van der Waals surface area contributed by atoms with Crippen molar-refractivity contribution >= 4 is 10.9 Å². The molecule has 0 fully saturated rings. The molecule has 3 aromatic rings. The van der Waals surface area contributed by atoms with Crippen LogP contribution < -0.4 is 10.5 Å². The van der Waals surface area contributed by atoms with Crippen LogP contribution in [-0.2, 0) is 0 Å². The molecule has 0 unspecified atom stereocenters. The molecule has 4 heteroatoms. The number of fused-ring (bicyclic) bond motifs is 1. The average Bonchev–Trinajstić information content (AvgIpc) is 2.47. The van der Waals surface area contributed by atoms with Crippen LogP contribution in [0.4, 0.5) is 4.39 Å². The van der Waals surface area contributed by atoms with E-state index in [1.807, 2.05) is 30.3 Å². The number of halogens is 1. The summed E-state index contributed by atoms with van der Waals surface area (Å²) >= 11 is 0. The van der Waals surface area contributed by atoms with Gasteiger partial charge in [-0.05, 0) is 43.3 Å². The molecule has 0 bridgehead atoms. The van der Waals surface area contributed by atoms with Gasteiger partial charge in [0, 0.05) is 23.2 Å². The summed E-state index contributed by atoms with van der Waals surface area (Å²) in [6.07, 6.45) is 1.72. The number of aromatic nitrogens is 1. The van der Waals surface area contributed by atoms with Gasteiger partial charge < -0.3 is 10.5 Å². The third kappa shape index (κ3) is 2.58.